The van der Waals surface area contributed by atoms with E-state index in [0.29, 0.717) is 0 Å². The van der Waals surface area contributed by atoms with Crippen molar-refractivity contribution >= 4 is 22.8 Å². The Morgan fingerprint density at radius 2 is 1.50 bits per heavy atom. The number of hydrogen-bond acceptors (Lipinski definition) is 1. The van der Waals surface area contributed by atoms with Crippen molar-refractivity contribution in [3.05, 3.63) is 100 Å². The van der Waals surface area contributed by atoms with E-state index in [4.69, 9.17) is 0 Å². The lowest BCUT2D eigenvalue weighted by Gasteiger charge is -2.16. The molecule has 1 heterocycles. The van der Waals surface area contributed by atoms with Crippen LogP contribution in [0.25, 0.3) is 17.2 Å². The number of allylic oxidation sites excluding steroid dienone is 1. The summed E-state index contributed by atoms with van der Waals surface area (Å²) >= 11 is 0. The maximum Gasteiger partial charge on any atom is 0.240 e. The Labute approximate surface area is 157 Å². The van der Waals surface area contributed by atoms with Gasteiger partial charge in [-0.3, -0.25) is 4.79 Å². The van der Waals surface area contributed by atoms with Crippen molar-refractivity contribution in [1.82, 2.24) is 0 Å². The second-order valence-corrected chi connectivity index (χ2v) is 8.70. The van der Waals surface area contributed by atoms with E-state index in [2.05, 4.69) is 43.3 Å². The van der Waals surface area contributed by atoms with Gasteiger partial charge >= 0.3 is 0 Å². The van der Waals surface area contributed by atoms with E-state index >= 15 is 0 Å². The molecule has 0 N–H and O–H groups in total. The van der Waals surface area contributed by atoms with Gasteiger partial charge in [0.15, 0.2) is 0 Å². The van der Waals surface area contributed by atoms with Gasteiger partial charge < -0.3 is 0 Å². The van der Waals surface area contributed by atoms with E-state index in [1.807, 2.05) is 48.5 Å². The molecule has 0 radical (unpaired) electrons. The predicted molar refractivity (Wildman–Crippen MR) is 112 cm³/mol. The van der Waals surface area contributed by atoms with Crippen molar-refractivity contribution in [3.8, 4) is 11.1 Å². The molecule has 4 rings (SSSR count). The average Bonchev–Trinajstić information content (AvgIpc) is 2.73. The first-order valence-electron chi connectivity index (χ1n) is 8.93. The van der Waals surface area contributed by atoms with Gasteiger partial charge in [-0.25, -0.2) is 0 Å². The van der Waals surface area contributed by atoms with Gasteiger partial charge in [0.25, 0.3) is 0 Å². The summed E-state index contributed by atoms with van der Waals surface area (Å²) in [4.78, 5) is 14.1. The zero-order valence-corrected chi connectivity index (χ0v) is 15.6. The van der Waals surface area contributed by atoms with Gasteiger partial charge in [0, 0.05) is 28.1 Å². The Bertz CT molecular complexity index is 955. The van der Waals surface area contributed by atoms with Crippen LogP contribution in [0.2, 0.25) is 0 Å². The van der Waals surface area contributed by atoms with Gasteiger partial charge in [0.2, 0.25) is 10.7 Å². The van der Waals surface area contributed by atoms with Crippen LogP contribution >= 0.6 is 0 Å². The van der Waals surface area contributed by atoms with Crippen molar-refractivity contribution in [2.45, 2.75) is 12.7 Å². The van der Waals surface area contributed by atoms with Gasteiger partial charge in [-0.05, 0) is 23.6 Å². The molecule has 0 fully saturated rings. The van der Waals surface area contributed by atoms with Gasteiger partial charge in [0.05, 0.1) is 0 Å². The van der Waals surface area contributed by atoms with Crippen LogP contribution in [0.1, 0.15) is 28.4 Å². The van der Waals surface area contributed by atoms with Gasteiger partial charge in [0.1, 0.15) is 11.5 Å². The molecule has 3 aromatic rings. The van der Waals surface area contributed by atoms with Crippen LogP contribution < -0.4 is 0 Å². The molecule has 0 aliphatic carbocycles. The topological polar surface area (TPSA) is 17.1 Å². The zero-order chi connectivity index (χ0) is 17.9. The lowest BCUT2D eigenvalue weighted by Crippen LogP contribution is -2.21. The predicted octanol–water partition coefficient (Wildman–Crippen LogP) is 5.73. The van der Waals surface area contributed by atoms with Crippen molar-refractivity contribution in [1.29, 1.82) is 0 Å². The van der Waals surface area contributed by atoms with Crippen molar-refractivity contribution in [3.63, 3.8) is 0 Å². The first-order chi connectivity index (χ1) is 12.8. The average molecular weight is 357 g/mol. The number of carbonyl (C=O) groups excluding carboxylic acids is 1. The molecule has 1 atom stereocenters. The van der Waals surface area contributed by atoms with Crippen LogP contribution in [-0.2, 0) is 16.6 Å². The van der Waals surface area contributed by atoms with E-state index in [-0.39, 0.29) is 16.7 Å². The first kappa shape index (κ1) is 16.9. The maximum atomic E-state index is 13.2. The monoisotopic (exact) mass is 357 g/mol. The number of fused-ring (bicyclic) bond motifs is 1. The fraction of sp³-hybridized carbons (Fsp3) is 0.125. The van der Waals surface area contributed by atoms with Crippen molar-refractivity contribution in [2.24, 2.45) is 0 Å². The molecule has 1 nitrogen and oxygen atoms in total. The summed E-state index contributed by atoms with van der Waals surface area (Å²) < 4.78 is 0. The number of Topliss-reactive ketones (excluding diaryl/α,β-unsaturated/α-hetero) is 1. The summed E-state index contributed by atoms with van der Waals surface area (Å²) in [6.45, 7) is 2.18. The van der Waals surface area contributed by atoms with Crippen molar-refractivity contribution in [2.75, 3.05) is 5.75 Å². The molecule has 1 unspecified atom stereocenters. The fourth-order valence-corrected chi connectivity index (χ4v) is 5.32. The van der Waals surface area contributed by atoms with Crippen LogP contribution in [0.15, 0.2) is 83.8 Å². The molecule has 2 heteroatoms. The highest BCUT2D eigenvalue weighted by molar-refractivity contribution is 8.01. The number of rotatable bonds is 4. The largest absolute Gasteiger partial charge is 0.284 e. The van der Waals surface area contributed by atoms with Gasteiger partial charge in [-0.15, -0.1) is 0 Å². The number of hydrogen-bond donors (Lipinski definition) is 0. The summed E-state index contributed by atoms with van der Waals surface area (Å²) in [5.74, 6) is 2.16. The van der Waals surface area contributed by atoms with Crippen LogP contribution in [0.5, 0.6) is 0 Å². The normalized spacial score (nSPS) is 15.9. The highest BCUT2D eigenvalue weighted by Gasteiger charge is 2.34. The summed E-state index contributed by atoms with van der Waals surface area (Å²) in [7, 11) is -0.0111. The highest BCUT2D eigenvalue weighted by atomic mass is 32.2. The third-order valence-electron chi connectivity index (χ3n) is 4.81. The molecule has 1 aliphatic heterocycles. The summed E-state index contributed by atoms with van der Waals surface area (Å²) in [5, 5.41) is 0. The Morgan fingerprint density at radius 3 is 2.23 bits per heavy atom. The van der Waals surface area contributed by atoms with Crippen LogP contribution in [-0.4, -0.2) is 11.5 Å². The van der Waals surface area contributed by atoms with E-state index in [1.54, 1.807) is 0 Å². The summed E-state index contributed by atoms with van der Waals surface area (Å²) in [6, 6.07) is 26.7. The Morgan fingerprint density at radius 1 is 0.846 bits per heavy atom. The fourth-order valence-electron chi connectivity index (χ4n) is 3.34. The minimum absolute atomic E-state index is 0.0111. The zero-order valence-electron chi connectivity index (χ0n) is 14.8. The number of ketones is 1. The summed E-state index contributed by atoms with van der Waals surface area (Å²) in [5.41, 5.74) is 5.63. The van der Waals surface area contributed by atoms with Crippen molar-refractivity contribution < 1.29 is 4.79 Å². The Hall–Kier alpha value is -2.58. The molecule has 3 aromatic carbocycles. The van der Waals surface area contributed by atoms with Crippen LogP contribution in [0.3, 0.4) is 0 Å². The van der Waals surface area contributed by atoms with E-state index in [1.165, 1.54) is 16.7 Å². The molecule has 0 saturated carbocycles. The Kier molecular flexibility index (Phi) is 4.77. The SMILES string of the molecule is CC[S+]1Cc2ccccc2C=C1C(=O)c1ccc(-c2ccccc2)cc1. The minimum Gasteiger partial charge on any atom is -0.284 e. The quantitative estimate of drug-likeness (QED) is 0.430. The standard InChI is InChI=1S/C24H21OS/c1-2-26-17-22-11-7-6-10-21(22)16-23(26)24(25)20-14-12-19(13-15-20)18-8-4-3-5-9-18/h3-16H,2,17H2,1H3/q+1. The molecule has 128 valence electrons. The minimum atomic E-state index is -0.0111. The van der Waals surface area contributed by atoms with Gasteiger partial charge in [-0.1, -0.05) is 78.9 Å². The maximum absolute atomic E-state index is 13.2. The molecular weight excluding hydrogens is 336 g/mol. The lowest BCUT2D eigenvalue weighted by molar-refractivity contribution is 0.104. The summed E-state index contributed by atoms with van der Waals surface area (Å²) in [6.07, 6.45) is 2.11. The number of benzene rings is 3. The van der Waals surface area contributed by atoms with Crippen LogP contribution in [0.4, 0.5) is 0 Å². The molecule has 0 aromatic heterocycles. The van der Waals surface area contributed by atoms with E-state index in [0.717, 1.165) is 27.5 Å². The highest BCUT2D eigenvalue weighted by Crippen LogP contribution is 2.31. The second kappa shape index (κ2) is 7.35. The third kappa shape index (κ3) is 3.25. The molecule has 0 bridgehead atoms. The molecule has 0 saturated heterocycles. The Balaban J connectivity index is 1.65. The third-order valence-corrected chi connectivity index (χ3v) is 7.09. The molecule has 0 spiro atoms. The molecule has 26 heavy (non-hydrogen) atoms. The lowest BCUT2D eigenvalue weighted by atomic mass is 10.0. The van der Waals surface area contributed by atoms with E-state index in [9.17, 15) is 4.79 Å². The molecular formula is C24H21OS+. The molecule has 0 amide bonds. The van der Waals surface area contributed by atoms with Crippen LogP contribution in [0, 0.1) is 0 Å². The van der Waals surface area contributed by atoms with Gasteiger partial charge in [-0.2, -0.15) is 0 Å². The first-order valence-corrected chi connectivity index (χ1v) is 10.5. The van der Waals surface area contributed by atoms with E-state index < -0.39 is 0 Å². The second-order valence-electron chi connectivity index (χ2n) is 6.41. The molecule has 1 aliphatic rings. The smallest absolute Gasteiger partial charge is 0.240 e. The number of carbonyl (C=O) groups is 1.